The third-order valence-corrected chi connectivity index (χ3v) is 4.37. The summed E-state index contributed by atoms with van der Waals surface area (Å²) < 4.78 is 20.3. The molecule has 0 spiro atoms. The summed E-state index contributed by atoms with van der Waals surface area (Å²) in [6.07, 6.45) is 3.39. The van der Waals surface area contributed by atoms with Gasteiger partial charge in [-0.15, -0.1) is 0 Å². The van der Waals surface area contributed by atoms with E-state index in [9.17, 15) is 4.39 Å². The van der Waals surface area contributed by atoms with Crippen LogP contribution in [0.2, 0.25) is 0 Å². The average molecular weight is 374 g/mol. The number of rotatable bonds is 6. The number of anilines is 1. The second-order valence-electron chi connectivity index (χ2n) is 6.33. The second kappa shape index (κ2) is 8.00. The molecule has 0 aliphatic carbocycles. The molecule has 0 saturated carbocycles. The summed E-state index contributed by atoms with van der Waals surface area (Å²) in [5.41, 5.74) is 1.34. The molecule has 0 amide bonds. The molecule has 0 aliphatic rings. The highest BCUT2D eigenvalue weighted by atomic mass is 19.1. The quantitative estimate of drug-likeness (QED) is 0.502. The zero-order valence-electron chi connectivity index (χ0n) is 15.4. The van der Waals surface area contributed by atoms with Gasteiger partial charge >= 0.3 is 0 Å². The molecular weight excluding hydrogens is 355 g/mol. The van der Waals surface area contributed by atoms with Crippen LogP contribution in [0.25, 0.3) is 22.3 Å². The highest BCUT2D eigenvalue weighted by Crippen LogP contribution is 2.28. The maximum atomic E-state index is 14.6. The average Bonchev–Trinajstić information content (AvgIpc) is 2.74. The first-order chi connectivity index (χ1) is 13.7. The molecule has 6 heteroatoms. The minimum absolute atomic E-state index is 0.346. The summed E-state index contributed by atoms with van der Waals surface area (Å²) in [6, 6.07) is 18.2. The number of hydrogen-bond donors (Lipinski definition) is 0. The molecular formula is C22H19FN4O. The minimum Gasteiger partial charge on any atom is -0.492 e. The van der Waals surface area contributed by atoms with E-state index in [0.717, 1.165) is 11.3 Å². The second-order valence-corrected chi connectivity index (χ2v) is 6.33. The van der Waals surface area contributed by atoms with E-state index < -0.39 is 0 Å². The fourth-order valence-electron chi connectivity index (χ4n) is 2.95. The molecule has 0 saturated heterocycles. The smallest absolute Gasteiger partial charge is 0.163 e. The predicted octanol–water partition coefficient (Wildman–Crippen LogP) is 4.35. The molecule has 140 valence electrons. The van der Waals surface area contributed by atoms with Crippen molar-refractivity contribution in [2.24, 2.45) is 0 Å². The number of fused-ring (bicyclic) bond motifs is 1. The molecule has 0 radical (unpaired) electrons. The number of aromatic nitrogens is 3. The number of halogens is 1. The normalized spacial score (nSPS) is 10.8. The van der Waals surface area contributed by atoms with Crippen LogP contribution in [-0.2, 0) is 0 Å². The van der Waals surface area contributed by atoms with Crippen LogP contribution < -0.4 is 9.64 Å². The van der Waals surface area contributed by atoms with E-state index in [-0.39, 0.29) is 5.82 Å². The molecule has 0 N–H and O–H groups in total. The van der Waals surface area contributed by atoms with Crippen LogP contribution in [0.4, 0.5) is 10.2 Å². The number of nitrogens with zero attached hydrogens (tertiary/aromatic N) is 4. The van der Waals surface area contributed by atoms with E-state index in [4.69, 9.17) is 4.74 Å². The SMILES string of the molecule is CN(CCOc1ccccc1)c1nc(-c2cccnc2)nc2cccc(F)c12. The van der Waals surface area contributed by atoms with Crippen molar-refractivity contribution in [1.82, 2.24) is 15.0 Å². The van der Waals surface area contributed by atoms with E-state index in [1.165, 1.54) is 6.07 Å². The number of pyridine rings is 1. The Morgan fingerprint density at radius 2 is 1.82 bits per heavy atom. The number of benzene rings is 2. The first kappa shape index (κ1) is 17.9. The first-order valence-electron chi connectivity index (χ1n) is 8.98. The molecule has 0 unspecified atom stereocenters. The summed E-state index contributed by atoms with van der Waals surface area (Å²) >= 11 is 0. The summed E-state index contributed by atoms with van der Waals surface area (Å²) in [5.74, 6) is 1.49. The topological polar surface area (TPSA) is 51.1 Å². The zero-order chi connectivity index (χ0) is 19.3. The van der Waals surface area contributed by atoms with Crippen molar-refractivity contribution in [2.45, 2.75) is 0 Å². The van der Waals surface area contributed by atoms with Crippen LogP contribution in [-0.4, -0.2) is 35.2 Å². The molecule has 4 rings (SSSR count). The Hall–Kier alpha value is -3.54. The van der Waals surface area contributed by atoms with Gasteiger partial charge in [0.2, 0.25) is 0 Å². The van der Waals surface area contributed by atoms with Crippen molar-refractivity contribution in [3.8, 4) is 17.1 Å². The standard InChI is InChI=1S/C22H19FN4O/c1-27(13-14-28-17-8-3-2-4-9-17)22-20-18(23)10-5-11-19(20)25-21(26-22)16-7-6-12-24-15-16/h2-12,15H,13-14H2,1H3. The third kappa shape index (κ3) is 3.76. The van der Waals surface area contributed by atoms with Crippen LogP contribution >= 0.6 is 0 Å². The number of hydrogen-bond acceptors (Lipinski definition) is 5. The molecule has 4 aromatic rings. The van der Waals surface area contributed by atoms with Gasteiger partial charge in [-0.3, -0.25) is 4.98 Å². The van der Waals surface area contributed by atoms with Crippen molar-refractivity contribution in [2.75, 3.05) is 25.1 Å². The third-order valence-electron chi connectivity index (χ3n) is 4.37. The minimum atomic E-state index is -0.346. The molecule has 0 bridgehead atoms. The molecule has 2 heterocycles. The van der Waals surface area contributed by atoms with E-state index in [2.05, 4.69) is 15.0 Å². The number of likely N-dealkylation sites (N-methyl/N-ethyl adjacent to an activating group) is 1. The van der Waals surface area contributed by atoms with Crippen molar-refractivity contribution in [3.05, 3.63) is 78.9 Å². The summed E-state index contributed by atoms with van der Waals surface area (Å²) in [4.78, 5) is 15.2. The summed E-state index contributed by atoms with van der Waals surface area (Å²) in [5, 5.41) is 0.400. The van der Waals surface area contributed by atoms with Gasteiger partial charge in [-0.1, -0.05) is 24.3 Å². The Labute approximate surface area is 162 Å². The van der Waals surface area contributed by atoms with Crippen LogP contribution in [0, 0.1) is 5.82 Å². The Balaban J connectivity index is 1.66. The van der Waals surface area contributed by atoms with Crippen LogP contribution in [0.3, 0.4) is 0 Å². The van der Waals surface area contributed by atoms with Gasteiger partial charge < -0.3 is 9.64 Å². The van der Waals surface area contributed by atoms with Gasteiger partial charge in [0.25, 0.3) is 0 Å². The maximum absolute atomic E-state index is 14.6. The lowest BCUT2D eigenvalue weighted by molar-refractivity contribution is 0.326. The molecule has 0 aliphatic heterocycles. The largest absolute Gasteiger partial charge is 0.492 e. The van der Waals surface area contributed by atoms with E-state index in [0.29, 0.717) is 35.7 Å². The monoisotopic (exact) mass is 374 g/mol. The van der Waals surface area contributed by atoms with Gasteiger partial charge in [0, 0.05) is 25.0 Å². The van der Waals surface area contributed by atoms with Gasteiger partial charge in [0.1, 0.15) is 24.0 Å². The summed E-state index contributed by atoms with van der Waals surface area (Å²) in [6.45, 7) is 0.991. The molecule has 28 heavy (non-hydrogen) atoms. The van der Waals surface area contributed by atoms with Crippen molar-refractivity contribution < 1.29 is 9.13 Å². The Morgan fingerprint density at radius 3 is 2.61 bits per heavy atom. The highest BCUT2D eigenvalue weighted by Gasteiger charge is 2.16. The van der Waals surface area contributed by atoms with Crippen molar-refractivity contribution in [3.63, 3.8) is 0 Å². The summed E-state index contributed by atoms with van der Waals surface area (Å²) in [7, 11) is 1.87. The van der Waals surface area contributed by atoms with Gasteiger partial charge in [-0.05, 0) is 36.4 Å². The van der Waals surface area contributed by atoms with Crippen LogP contribution in [0.15, 0.2) is 73.1 Å². The Bertz CT molecular complexity index is 1070. The predicted molar refractivity (Wildman–Crippen MR) is 108 cm³/mol. The molecule has 2 aromatic carbocycles. The van der Waals surface area contributed by atoms with Crippen LogP contribution in [0.5, 0.6) is 5.75 Å². The van der Waals surface area contributed by atoms with E-state index in [1.807, 2.05) is 54.4 Å². The lowest BCUT2D eigenvalue weighted by Crippen LogP contribution is -2.25. The lowest BCUT2D eigenvalue weighted by atomic mass is 10.2. The fraction of sp³-hybridized carbons (Fsp3) is 0.136. The first-order valence-corrected chi connectivity index (χ1v) is 8.98. The van der Waals surface area contributed by atoms with Gasteiger partial charge in [-0.2, -0.15) is 0 Å². The number of ether oxygens (including phenoxy) is 1. The maximum Gasteiger partial charge on any atom is 0.163 e. The van der Waals surface area contributed by atoms with Gasteiger partial charge in [-0.25, -0.2) is 14.4 Å². The molecule has 0 fully saturated rings. The number of para-hydroxylation sites is 1. The Morgan fingerprint density at radius 1 is 0.964 bits per heavy atom. The van der Waals surface area contributed by atoms with E-state index in [1.54, 1.807) is 24.5 Å². The molecule has 5 nitrogen and oxygen atoms in total. The fourth-order valence-corrected chi connectivity index (χ4v) is 2.95. The van der Waals surface area contributed by atoms with Crippen LogP contribution in [0.1, 0.15) is 0 Å². The van der Waals surface area contributed by atoms with Crippen molar-refractivity contribution >= 4 is 16.7 Å². The molecule has 2 aromatic heterocycles. The molecule has 0 atom stereocenters. The lowest BCUT2D eigenvalue weighted by Gasteiger charge is -2.21. The van der Waals surface area contributed by atoms with Crippen molar-refractivity contribution in [1.29, 1.82) is 0 Å². The zero-order valence-corrected chi connectivity index (χ0v) is 15.4. The highest BCUT2D eigenvalue weighted by molar-refractivity contribution is 5.91. The van der Waals surface area contributed by atoms with Gasteiger partial charge in [0.15, 0.2) is 5.82 Å². The van der Waals surface area contributed by atoms with Gasteiger partial charge in [0.05, 0.1) is 17.4 Å². The Kier molecular flexibility index (Phi) is 5.10. The van der Waals surface area contributed by atoms with E-state index >= 15 is 0 Å².